The van der Waals surface area contributed by atoms with Crippen LogP contribution in [0, 0.1) is 5.82 Å². The molecule has 7 nitrogen and oxygen atoms in total. The Labute approximate surface area is 203 Å². The highest BCUT2D eigenvalue weighted by Gasteiger charge is 2.28. The molecule has 1 atom stereocenters. The van der Waals surface area contributed by atoms with Gasteiger partial charge in [-0.05, 0) is 55.5 Å². The number of methoxy groups -OCH3 is 2. The summed E-state index contributed by atoms with van der Waals surface area (Å²) in [6, 6.07) is 15.7. The first-order valence-electron chi connectivity index (χ1n) is 10.2. The average Bonchev–Trinajstić information content (AvgIpc) is 2.84. The Morgan fingerprint density at radius 2 is 1.76 bits per heavy atom. The minimum atomic E-state index is -4.16. The van der Waals surface area contributed by atoms with E-state index < -0.39 is 34.3 Å². The zero-order valence-electron chi connectivity index (χ0n) is 18.8. The number of rotatable bonds is 9. The Morgan fingerprint density at radius 1 is 1.06 bits per heavy atom. The fraction of sp³-hybridized carbons (Fsp3) is 0.208. The molecular weight excluding hydrogens is 483 g/mol. The topological polar surface area (TPSA) is 84.9 Å². The van der Waals surface area contributed by atoms with Gasteiger partial charge in [0.2, 0.25) is 5.91 Å². The van der Waals surface area contributed by atoms with Crippen LogP contribution in [0.1, 0.15) is 18.5 Å². The molecule has 10 heteroatoms. The Kier molecular flexibility index (Phi) is 8.01. The number of nitrogens with zero attached hydrogens (tertiary/aromatic N) is 1. The summed E-state index contributed by atoms with van der Waals surface area (Å²) in [5.74, 6) is -0.179. The lowest BCUT2D eigenvalue weighted by Gasteiger charge is -2.25. The maximum atomic E-state index is 13.7. The molecule has 0 saturated carbocycles. The van der Waals surface area contributed by atoms with Crippen molar-refractivity contribution in [1.82, 2.24) is 5.32 Å². The van der Waals surface area contributed by atoms with E-state index in [9.17, 15) is 17.6 Å². The third-order valence-corrected chi connectivity index (χ3v) is 7.17. The number of nitrogens with one attached hydrogen (secondary N) is 1. The largest absolute Gasteiger partial charge is 0.497 e. The fourth-order valence-corrected chi connectivity index (χ4v) is 4.96. The van der Waals surface area contributed by atoms with Gasteiger partial charge >= 0.3 is 0 Å². The number of amides is 1. The van der Waals surface area contributed by atoms with Gasteiger partial charge in [0, 0.05) is 5.56 Å². The van der Waals surface area contributed by atoms with Crippen LogP contribution in [0.5, 0.6) is 11.5 Å². The van der Waals surface area contributed by atoms with E-state index in [4.69, 9.17) is 21.1 Å². The van der Waals surface area contributed by atoms with Crippen LogP contribution in [0.25, 0.3) is 0 Å². The molecular formula is C24H24ClFN2O5S. The summed E-state index contributed by atoms with van der Waals surface area (Å²) < 4.78 is 52.0. The Balaban J connectivity index is 1.92. The van der Waals surface area contributed by atoms with Gasteiger partial charge in [-0.3, -0.25) is 9.10 Å². The van der Waals surface area contributed by atoms with E-state index in [1.807, 2.05) is 0 Å². The van der Waals surface area contributed by atoms with Gasteiger partial charge in [-0.25, -0.2) is 12.8 Å². The number of halogens is 2. The number of carbonyl (C=O) groups is 1. The van der Waals surface area contributed by atoms with Crippen LogP contribution in [0.15, 0.2) is 71.6 Å². The summed E-state index contributed by atoms with van der Waals surface area (Å²) >= 11 is 5.89. The predicted molar refractivity (Wildman–Crippen MR) is 128 cm³/mol. The molecule has 1 unspecified atom stereocenters. The molecule has 0 heterocycles. The summed E-state index contributed by atoms with van der Waals surface area (Å²) in [4.78, 5) is 13.0. The number of hydrogen-bond donors (Lipinski definition) is 1. The molecule has 180 valence electrons. The number of sulfonamides is 1. The maximum Gasteiger partial charge on any atom is 0.264 e. The molecule has 34 heavy (non-hydrogen) atoms. The van der Waals surface area contributed by atoms with Gasteiger partial charge in [0.1, 0.15) is 23.9 Å². The second-order valence-electron chi connectivity index (χ2n) is 7.32. The smallest absolute Gasteiger partial charge is 0.264 e. The van der Waals surface area contributed by atoms with Gasteiger partial charge < -0.3 is 14.8 Å². The van der Waals surface area contributed by atoms with Crippen molar-refractivity contribution in [2.75, 3.05) is 25.1 Å². The Morgan fingerprint density at radius 3 is 2.38 bits per heavy atom. The van der Waals surface area contributed by atoms with E-state index in [1.54, 1.807) is 43.3 Å². The molecule has 0 saturated heterocycles. The molecule has 1 N–H and O–H groups in total. The minimum Gasteiger partial charge on any atom is -0.497 e. The van der Waals surface area contributed by atoms with Crippen LogP contribution >= 0.6 is 11.6 Å². The van der Waals surface area contributed by atoms with Gasteiger partial charge in [-0.2, -0.15) is 0 Å². The number of carbonyl (C=O) groups excluding carboxylic acids is 1. The van der Waals surface area contributed by atoms with E-state index in [-0.39, 0.29) is 15.6 Å². The summed E-state index contributed by atoms with van der Waals surface area (Å²) in [6.45, 7) is 1.18. The molecule has 0 aromatic heterocycles. The van der Waals surface area contributed by atoms with Crippen LogP contribution in [0.3, 0.4) is 0 Å². The zero-order chi connectivity index (χ0) is 24.9. The van der Waals surface area contributed by atoms with Crippen molar-refractivity contribution in [3.05, 3.63) is 83.1 Å². The number of ether oxygens (including phenoxy) is 2. The van der Waals surface area contributed by atoms with Crippen LogP contribution in [-0.4, -0.2) is 35.1 Å². The van der Waals surface area contributed by atoms with Crippen LogP contribution < -0.4 is 19.1 Å². The molecule has 1 amide bonds. The number of hydrogen-bond acceptors (Lipinski definition) is 5. The van der Waals surface area contributed by atoms with Crippen molar-refractivity contribution in [1.29, 1.82) is 0 Å². The van der Waals surface area contributed by atoms with Gasteiger partial charge in [-0.15, -0.1) is 0 Å². The van der Waals surface area contributed by atoms with Crippen LogP contribution in [0.4, 0.5) is 10.1 Å². The molecule has 3 aromatic carbocycles. The Hall–Kier alpha value is -3.30. The molecule has 0 aliphatic carbocycles. The summed E-state index contributed by atoms with van der Waals surface area (Å²) in [5, 5.41) is 2.52. The van der Waals surface area contributed by atoms with E-state index in [0.717, 1.165) is 10.4 Å². The fourth-order valence-electron chi connectivity index (χ4n) is 3.35. The monoisotopic (exact) mass is 506 g/mol. The van der Waals surface area contributed by atoms with E-state index in [2.05, 4.69) is 5.32 Å². The average molecular weight is 507 g/mol. The lowest BCUT2D eigenvalue weighted by atomic mass is 10.1. The number of anilines is 1. The lowest BCUT2D eigenvalue weighted by Crippen LogP contribution is -2.41. The van der Waals surface area contributed by atoms with Gasteiger partial charge in [0.15, 0.2) is 0 Å². The third-order valence-electron chi connectivity index (χ3n) is 5.09. The molecule has 3 rings (SSSR count). The van der Waals surface area contributed by atoms with Crippen LogP contribution in [0.2, 0.25) is 5.02 Å². The predicted octanol–water partition coefficient (Wildman–Crippen LogP) is 4.57. The first-order chi connectivity index (χ1) is 16.2. The highest BCUT2D eigenvalue weighted by Crippen LogP contribution is 2.30. The standard InChI is InChI=1S/C24H24ClFN2O5S/c1-16(20-14-18(32-2)10-12-23(20)33-3)27-24(29)15-28(17-9-11-22(26)21(25)13-17)34(30,31)19-7-5-4-6-8-19/h4-14,16H,15H2,1-3H3,(H,27,29). The molecule has 0 aliphatic rings. The summed E-state index contributed by atoms with van der Waals surface area (Å²) in [5.41, 5.74) is 0.703. The number of benzene rings is 3. The molecule has 0 spiro atoms. The zero-order valence-corrected chi connectivity index (χ0v) is 20.4. The summed E-state index contributed by atoms with van der Waals surface area (Å²) in [7, 11) is -1.13. The van der Waals surface area contributed by atoms with Gasteiger partial charge in [0.05, 0.1) is 35.9 Å². The van der Waals surface area contributed by atoms with Gasteiger partial charge in [0.25, 0.3) is 10.0 Å². The molecule has 0 fully saturated rings. The maximum absolute atomic E-state index is 13.7. The second kappa shape index (κ2) is 10.8. The minimum absolute atomic E-state index is 0.0224. The van der Waals surface area contributed by atoms with Gasteiger partial charge in [-0.1, -0.05) is 29.8 Å². The third kappa shape index (κ3) is 5.60. The lowest BCUT2D eigenvalue weighted by molar-refractivity contribution is -0.120. The van der Waals surface area contributed by atoms with Crippen molar-refractivity contribution in [2.45, 2.75) is 17.9 Å². The van der Waals surface area contributed by atoms with Crippen molar-refractivity contribution in [3.8, 4) is 11.5 Å². The van der Waals surface area contributed by atoms with E-state index in [0.29, 0.717) is 17.1 Å². The highest BCUT2D eigenvalue weighted by atomic mass is 35.5. The molecule has 3 aromatic rings. The molecule has 0 aliphatic heterocycles. The van der Waals surface area contributed by atoms with Crippen molar-refractivity contribution in [3.63, 3.8) is 0 Å². The second-order valence-corrected chi connectivity index (χ2v) is 9.59. The van der Waals surface area contributed by atoms with Crippen molar-refractivity contribution < 1.29 is 27.1 Å². The molecule has 0 radical (unpaired) electrons. The van der Waals surface area contributed by atoms with Crippen molar-refractivity contribution in [2.24, 2.45) is 0 Å². The highest BCUT2D eigenvalue weighted by molar-refractivity contribution is 7.92. The van der Waals surface area contributed by atoms with Crippen molar-refractivity contribution >= 4 is 33.2 Å². The quantitative estimate of drug-likeness (QED) is 0.459. The summed E-state index contributed by atoms with van der Waals surface area (Å²) in [6.07, 6.45) is 0. The van der Waals surface area contributed by atoms with Crippen LogP contribution in [-0.2, 0) is 14.8 Å². The molecule has 0 bridgehead atoms. The Bertz CT molecular complexity index is 1270. The normalized spacial score (nSPS) is 12.0. The van der Waals surface area contributed by atoms with E-state index >= 15 is 0 Å². The van der Waals surface area contributed by atoms with E-state index in [1.165, 1.54) is 38.5 Å². The SMILES string of the molecule is COc1ccc(OC)c(C(C)NC(=O)CN(c2ccc(F)c(Cl)c2)S(=O)(=O)c2ccccc2)c1. The first kappa shape index (κ1) is 25.3. The first-order valence-corrected chi connectivity index (χ1v) is 12.0.